The number of anilines is 2. The maximum absolute atomic E-state index is 14.4. The molecular formula is C34H26Cl3FN2O6. The van der Waals surface area contributed by atoms with Crippen LogP contribution in [-0.2, 0) is 19.2 Å². The predicted molar refractivity (Wildman–Crippen MR) is 170 cm³/mol. The monoisotopic (exact) mass is 682 g/mol. The fourth-order valence-corrected chi connectivity index (χ4v) is 8.60. The van der Waals surface area contributed by atoms with E-state index in [2.05, 4.69) is 0 Å². The third-order valence-corrected chi connectivity index (χ3v) is 11.2. The van der Waals surface area contributed by atoms with Crippen LogP contribution < -0.4 is 14.5 Å². The average molecular weight is 684 g/mol. The highest BCUT2D eigenvalue weighted by atomic mass is 35.5. The first-order valence-corrected chi connectivity index (χ1v) is 15.8. The van der Waals surface area contributed by atoms with Crippen LogP contribution in [0.3, 0.4) is 0 Å². The standard InChI is InChI=1S/C34H26Cl3FN2O6/c35-19-3-7-21(8-4-19)39-29(42)25-14-13-24-26(27(25)30(39)43)17-33(36)31(44)40(22-9-5-20(38)6-10-22)32(45)34(33,37)28(24)18-1-11-23(12-2-18)46-16-15-41/h1-13,25-28,41H,14-17H2. The summed E-state index contributed by atoms with van der Waals surface area (Å²) < 4.78 is 19.4. The van der Waals surface area contributed by atoms with Gasteiger partial charge >= 0.3 is 0 Å². The molecule has 2 aliphatic heterocycles. The van der Waals surface area contributed by atoms with E-state index in [4.69, 9.17) is 44.6 Å². The molecule has 6 unspecified atom stereocenters. The Morgan fingerprint density at radius 2 is 1.46 bits per heavy atom. The van der Waals surface area contributed by atoms with Gasteiger partial charge in [0.2, 0.25) is 11.8 Å². The van der Waals surface area contributed by atoms with Gasteiger partial charge in [-0.25, -0.2) is 9.29 Å². The molecule has 1 saturated carbocycles. The molecule has 3 aromatic rings. The second-order valence-electron chi connectivity index (χ2n) is 11.9. The van der Waals surface area contributed by atoms with Gasteiger partial charge in [-0.1, -0.05) is 35.4 Å². The number of imide groups is 2. The number of ether oxygens (including phenoxy) is 1. The fraction of sp³-hybridized carbons (Fsp3) is 0.294. The van der Waals surface area contributed by atoms with Crippen molar-refractivity contribution in [3.63, 3.8) is 0 Å². The summed E-state index contributed by atoms with van der Waals surface area (Å²) >= 11 is 20.8. The van der Waals surface area contributed by atoms with Crippen LogP contribution in [0.25, 0.3) is 0 Å². The van der Waals surface area contributed by atoms with E-state index in [0.717, 1.165) is 21.9 Å². The SMILES string of the molecule is O=C1C2CC=C3C(CC4(Cl)C(=O)N(c5ccc(F)cc5)C(=O)C4(Cl)C3c3ccc(OCCO)cc3)C2C(=O)N1c1ccc(Cl)cc1. The van der Waals surface area contributed by atoms with Crippen LogP contribution in [0.5, 0.6) is 5.75 Å². The lowest BCUT2D eigenvalue weighted by Gasteiger charge is -2.50. The highest BCUT2D eigenvalue weighted by molar-refractivity contribution is 6.58. The summed E-state index contributed by atoms with van der Waals surface area (Å²) in [5.41, 5.74) is 1.66. The molecule has 0 aromatic heterocycles. The number of carbonyl (C=O) groups is 4. The molecular weight excluding hydrogens is 658 g/mol. The first-order chi connectivity index (χ1) is 22.0. The summed E-state index contributed by atoms with van der Waals surface area (Å²) in [7, 11) is 0. The quantitative estimate of drug-likeness (QED) is 0.206. The van der Waals surface area contributed by atoms with Crippen LogP contribution >= 0.6 is 34.8 Å². The van der Waals surface area contributed by atoms with Crippen molar-refractivity contribution < 1.29 is 33.4 Å². The smallest absolute Gasteiger partial charge is 0.258 e. The minimum atomic E-state index is -2.04. The number of rotatable bonds is 6. The molecule has 2 aliphatic carbocycles. The second-order valence-corrected chi connectivity index (χ2v) is 13.6. The van der Waals surface area contributed by atoms with E-state index in [1.165, 1.54) is 12.1 Å². The lowest BCUT2D eigenvalue weighted by molar-refractivity contribution is -0.125. The number of hydrogen-bond donors (Lipinski definition) is 1. The summed E-state index contributed by atoms with van der Waals surface area (Å²) in [6.07, 6.45) is 1.88. The molecule has 2 saturated heterocycles. The van der Waals surface area contributed by atoms with Gasteiger partial charge in [0.25, 0.3) is 11.8 Å². The van der Waals surface area contributed by atoms with Crippen LogP contribution in [0.15, 0.2) is 84.4 Å². The van der Waals surface area contributed by atoms with Crippen molar-refractivity contribution in [2.24, 2.45) is 17.8 Å². The molecule has 3 aromatic carbocycles. The average Bonchev–Trinajstić information content (AvgIpc) is 3.39. The number of aliphatic hydroxyl groups excluding tert-OH is 1. The minimum Gasteiger partial charge on any atom is -0.491 e. The highest BCUT2D eigenvalue weighted by Crippen LogP contribution is 2.66. The van der Waals surface area contributed by atoms with Crippen LogP contribution in [0, 0.1) is 23.6 Å². The lowest BCUT2D eigenvalue weighted by atomic mass is 9.56. The molecule has 0 spiro atoms. The van der Waals surface area contributed by atoms with Crippen molar-refractivity contribution >= 4 is 69.8 Å². The third kappa shape index (κ3) is 4.36. The van der Waals surface area contributed by atoms with E-state index < -0.39 is 57.0 Å². The van der Waals surface area contributed by atoms with Crippen molar-refractivity contribution in [3.8, 4) is 5.75 Å². The molecule has 8 nitrogen and oxygen atoms in total. The molecule has 46 heavy (non-hydrogen) atoms. The summed E-state index contributed by atoms with van der Waals surface area (Å²) in [6.45, 7) is -0.111. The van der Waals surface area contributed by atoms with Gasteiger partial charge in [-0.2, -0.15) is 0 Å². The number of carbonyl (C=O) groups excluding carboxylic acids is 4. The van der Waals surface area contributed by atoms with Gasteiger partial charge in [0.05, 0.1) is 29.8 Å². The molecule has 0 radical (unpaired) electrons. The largest absolute Gasteiger partial charge is 0.491 e. The van der Waals surface area contributed by atoms with Crippen LogP contribution in [0.1, 0.15) is 24.3 Å². The molecule has 2 heterocycles. The second kappa shape index (κ2) is 11.2. The van der Waals surface area contributed by atoms with Gasteiger partial charge in [0.1, 0.15) is 18.2 Å². The zero-order chi connectivity index (χ0) is 32.5. The van der Waals surface area contributed by atoms with Gasteiger partial charge in [0, 0.05) is 10.9 Å². The molecule has 1 N–H and O–H groups in total. The first-order valence-electron chi connectivity index (χ1n) is 14.7. The topological polar surface area (TPSA) is 104 Å². The van der Waals surface area contributed by atoms with Crippen molar-refractivity contribution in [1.29, 1.82) is 0 Å². The molecule has 7 rings (SSSR count). The molecule has 0 bridgehead atoms. The summed E-state index contributed by atoms with van der Waals surface area (Å²) in [4.78, 5) is 54.6. The number of allylic oxidation sites excluding steroid dienone is 2. The lowest BCUT2D eigenvalue weighted by Crippen LogP contribution is -2.60. The zero-order valence-corrected chi connectivity index (χ0v) is 26.3. The van der Waals surface area contributed by atoms with Gasteiger partial charge in [0.15, 0.2) is 9.75 Å². The minimum absolute atomic E-state index is 0.0726. The summed E-state index contributed by atoms with van der Waals surface area (Å²) in [6, 6.07) is 18.0. The Kier molecular flexibility index (Phi) is 7.51. The van der Waals surface area contributed by atoms with E-state index in [-0.39, 0.29) is 37.6 Å². The third-order valence-electron chi connectivity index (χ3n) is 9.55. The number of aliphatic hydroxyl groups is 1. The molecule has 6 atom stereocenters. The fourth-order valence-electron chi connectivity index (χ4n) is 7.54. The van der Waals surface area contributed by atoms with Gasteiger partial charge in [-0.15, -0.1) is 23.2 Å². The van der Waals surface area contributed by atoms with Gasteiger partial charge in [-0.3, -0.25) is 24.1 Å². The Hall–Kier alpha value is -3.76. The number of fused-ring (bicyclic) bond motifs is 4. The molecule has 236 valence electrons. The molecule has 12 heteroatoms. The van der Waals surface area contributed by atoms with Gasteiger partial charge < -0.3 is 9.84 Å². The van der Waals surface area contributed by atoms with Crippen molar-refractivity contribution in [2.75, 3.05) is 23.0 Å². The van der Waals surface area contributed by atoms with E-state index in [0.29, 0.717) is 27.6 Å². The van der Waals surface area contributed by atoms with E-state index in [1.807, 2.05) is 6.08 Å². The van der Waals surface area contributed by atoms with E-state index in [1.54, 1.807) is 48.5 Å². The number of alkyl halides is 2. The zero-order valence-electron chi connectivity index (χ0n) is 24.0. The molecule has 3 fully saturated rings. The first kappa shape index (κ1) is 30.9. The number of hydrogen-bond acceptors (Lipinski definition) is 6. The van der Waals surface area contributed by atoms with Crippen molar-refractivity contribution in [2.45, 2.75) is 28.5 Å². The van der Waals surface area contributed by atoms with E-state index in [9.17, 15) is 23.6 Å². The Bertz CT molecular complexity index is 1800. The predicted octanol–water partition coefficient (Wildman–Crippen LogP) is 5.62. The number of nitrogens with zero attached hydrogens (tertiary/aromatic N) is 2. The van der Waals surface area contributed by atoms with Crippen LogP contribution in [0.4, 0.5) is 15.8 Å². The maximum atomic E-state index is 14.4. The highest BCUT2D eigenvalue weighted by Gasteiger charge is 2.76. The normalized spacial score (nSPS) is 30.2. The maximum Gasteiger partial charge on any atom is 0.258 e. The van der Waals surface area contributed by atoms with Crippen molar-refractivity contribution in [3.05, 3.63) is 101 Å². The Morgan fingerprint density at radius 1 is 0.826 bits per heavy atom. The Morgan fingerprint density at radius 3 is 2.11 bits per heavy atom. The number of amides is 4. The number of benzene rings is 3. The van der Waals surface area contributed by atoms with Crippen LogP contribution in [-0.4, -0.2) is 51.7 Å². The van der Waals surface area contributed by atoms with Crippen LogP contribution in [0.2, 0.25) is 5.02 Å². The van der Waals surface area contributed by atoms with Gasteiger partial charge in [-0.05, 0) is 85.0 Å². The summed E-state index contributed by atoms with van der Waals surface area (Å²) in [5.74, 6) is -5.74. The van der Waals surface area contributed by atoms with E-state index >= 15 is 0 Å². The molecule has 4 aliphatic rings. The Balaban J connectivity index is 1.36. The van der Waals surface area contributed by atoms with Crippen molar-refractivity contribution in [1.82, 2.24) is 0 Å². The molecule has 4 amide bonds. The summed E-state index contributed by atoms with van der Waals surface area (Å²) in [5, 5.41) is 9.62. The number of halogens is 4. The Labute approximate surface area is 278 Å².